The SMILES string of the molecule is CN(C)C1CCCN(S(=O)(=O)N(C)CCCNC2CC2)C1. The summed E-state index contributed by atoms with van der Waals surface area (Å²) in [4.78, 5) is 2.13. The highest BCUT2D eigenvalue weighted by atomic mass is 32.2. The molecule has 1 aliphatic heterocycles. The van der Waals surface area contributed by atoms with Crippen LogP contribution in [0, 0.1) is 0 Å². The maximum Gasteiger partial charge on any atom is 0.281 e. The molecule has 0 aromatic rings. The van der Waals surface area contributed by atoms with Gasteiger partial charge in [0.05, 0.1) is 0 Å². The van der Waals surface area contributed by atoms with Gasteiger partial charge in [0, 0.05) is 38.8 Å². The van der Waals surface area contributed by atoms with E-state index in [0.29, 0.717) is 31.7 Å². The first-order chi connectivity index (χ1) is 9.91. The van der Waals surface area contributed by atoms with Gasteiger partial charge >= 0.3 is 0 Å². The van der Waals surface area contributed by atoms with Crippen LogP contribution in [0.4, 0.5) is 0 Å². The molecule has 1 aliphatic carbocycles. The minimum atomic E-state index is -3.30. The van der Waals surface area contributed by atoms with Crippen LogP contribution in [0.5, 0.6) is 0 Å². The average Bonchev–Trinajstić information content (AvgIpc) is 3.27. The van der Waals surface area contributed by atoms with Gasteiger partial charge in [-0.1, -0.05) is 0 Å². The molecule has 1 N–H and O–H groups in total. The molecule has 0 radical (unpaired) electrons. The molecule has 7 heteroatoms. The second-order valence-electron chi connectivity index (χ2n) is 6.53. The Labute approximate surface area is 129 Å². The number of likely N-dealkylation sites (N-methyl/N-ethyl adjacent to an activating group) is 1. The van der Waals surface area contributed by atoms with E-state index in [4.69, 9.17) is 0 Å². The van der Waals surface area contributed by atoms with Crippen molar-refractivity contribution in [3.8, 4) is 0 Å². The van der Waals surface area contributed by atoms with E-state index in [1.807, 2.05) is 14.1 Å². The zero-order valence-electron chi connectivity index (χ0n) is 13.6. The molecule has 21 heavy (non-hydrogen) atoms. The lowest BCUT2D eigenvalue weighted by Crippen LogP contribution is -2.51. The molecule has 2 fully saturated rings. The second-order valence-corrected chi connectivity index (χ2v) is 8.56. The molecule has 0 amide bonds. The fourth-order valence-electron chi connectivity index (χ4n) is 2.76. The summed E-state index contributed by atoms with van der Waals surface area (Å²) in [5, 5.41) is 3.42. The van der Waals surface area contributed by atoms with Gasteiger partial charge in [-0.2, -0.15) is 17.0 Å². The molecule has 0 aromatic carbocycles. The Morgan fingerprint density at radius 2 is 1.90 bits per heavy atom. The lowest BCUT2D eigenvalue weighted by Gasteiger charge is -2.37. The highest BCUT2D eigenvalue weighted by Gasteiger charge is 2.32. The van der Waals surface area contributed by atoms with Crippen molar-refractivity contribution in [1.82, 2.24) is 18.8 Å². The van der Waals surface area contributed by atoms with Crippen molar-refractivity contribution in [1.29, 1.82) is 0 Å². The lowest BCUT2D eigenvalue weighted by molar-refractivity contribution is 0.184. The molecule has 1 heterocycles. The van der Waals surface area contributed by atoms with E-state index in [1.54, 1.807) is 11.4 Å². The monoisotopic (exact) mass is 318 g/mol. The Hall–Kier alpha value is -0.210. The molecular weight excluding hydrogens is 288 g/mol. The summed E-state index contributed by atoms with van der Waals surface area (Å²) in [5.41, 5.74) is 0. The molecule has 6 nitrogen and oxygen atoms in total. The number of hydrogen-bond donors (Lipinski definition) is 1. The van der Waals surface area contributed by atoms with Crippen molar-refractivity contribution in [2.75, 3.05) is 47.3 Å². The summed E-state index contributed by atoms with van der Waals surface area (Å²) < 4.78 is 28.4. The topological polar surface area (TPSA) is 55.9 Å². The summed E-state index contributed by atoms with van der Waals surface area (Å²) in [6, 6.07) is 1.02. The van der Waals surface area contributed by atoms with Gasteiger partial charge in [0.15, 0.2) is 0 Å². The van der Waals surface area contributed by atoms with Crippen molar-refractivity contribution in [2.45, 2.75) is 44.2 Å². The molecule has 1 saturated heterocycles. The Balaban J connectivity index is 1.80. The number of piperidine rings is 1. The van der Waals surface area contributed by atoms with E-state index in [0.717, 1.165) is 25.8 Å². The van der Waals surface area contributed by atoms with Crippen molar-refractivity contribution >= 4 is 10.2 Å². The van der Waals surface area contributed by atoms with Crippen LogP contribution in [0.15, 0.2) is 0 Å². The van der Waals surface area contributed by atoms with Crippen LogP contribution in [-0.4, -0.2) is 81.3 Å². The van der Waals surface area contributed by atoms with E-state index >= 15 is 0 Å². The van der Waals surface area contributed by atoms with Gasteiger partial charge in [-0.25, -0.2) is 0 Å². The third kappa shape index (κ3) is 4.89. The molecule has 1 atom stereocenters. The molecule has 1 unspecified atom stereocenters. The largest absolute Gasteiger partial charge is 0.314 e. The lowest BCUT2D eigenvalue weighted by atomic mass is 10.1. The first-order valence-electron chi connectivity index (χ1n) is 8.02. The van der Waals surface area contributed by atoms with Crippen molar-refractivity contribution in [3.63, 3.8) is 0 Å². The molecule has 0 spiro atoms. The van der Waals surface area contributed by atoms with E-state index in [2.05, 4.69) is 10.2 Å². The Morgan fingerprint density at radius 1 is 1.19 bits per heavy atom. The van der Waals surface area contributed by atoms with Crippen molar-refractivity contribution in [2.24, 2.45) is 0 Å². The number of rotatable bonds is 8. The normalized spacial score (nSPS) is 24.9. The number of nitrogens with zero attached hydrogens (tertiary/aromatic N) is 3. The summed E-state index contributed by atoms with van der Waals surface area (Å²) in [6.07, 6.45) is 5.44. The van der Waals surface area contributed by atoms with Gasteiger partial charge in [-0.3, -0.25) is 0 Å². The van der Waals surface area contributed by atoms with E-state index in [-0.39, 0.29) is 0 Å². The van der Waals surface area contributed by atoms with Gasteiger partial charge in [0.2, 0.25) is 0 Å². The fourth-order valence-corrected chi connectivity index (χ4v) is 4.23. The van der Waals surface area contributed by atoms with Gasteiger partial charge in [-0.05, 0) is 52.7 Å². The van der Waals surface area contributed by atoms with Crippen LogP contribution in [0.1, 0.15) is 32.1 Å². The van der Waals surface area contributed by atoms with Gasteiger partial charge in [0.1, 0.15) is 0 Å². The maximum absolute atomic E-state index is 12.6. The summed E-state index contributed by atoms with van der Waals surface area (Å²) in [5.74, 6) is 0. The smallest absolute Gasteiger partial charge is 0.281 e. The number of nitrogens with one attached hydrogen (secondary N) is 1. The first kappa shape index (κ1) is 17.1. The van der Waals surface area contributed by atoms with E-state index in [9.17, 15) is 8.42 Å². The van der Waals surface area contributed by atoms with Crippen LogP contribution in [0.25, 0.3) is 0 Å². The Bertz CT molecular complexity index is 423. The molecular formula is C14H30N4O2S. The van der Waals surface area contributed by atoms with Gasteiger partial charge < -0.3 is 10.2 Å². The average molecular weight is 318 g/mol. The molecule has 2 rings (SSSR count). The Kier molecular flexibility index (Phi) is 6.02. The van der Waals surface area contributed by atoms with Gasteiger partial charge in [0.25, 0.3) is 10.2 Å². The second kappa shape index (κ2) is 7.37. The molecule has 1 saturated carbocycles. The summed E-state index contributed by atoms with van der Waals surface area (Å²) in [7, 11) is 2.44. The Morgan fingerprint density at radius 3 is 2.52 bits per heavy atom. The van der Waals surface area contributed by atoms with E-state index in [1.165, 1.54) is 17.1 Å². The molecule has 2 aliphatic rings. The van der Waals surface area contributed by atoms with Crippen LogP contribution in [-0.2, 0) is 10.2 Å². The van der Waals surface area contributed by atoms with Crippen LogP contribution < -0.4 is 5.32 Å². The quantitative estimate of drug-likeness (QED) is 0.656. The zero-order valence-corrected chi connectivity index (χ0v) is 14.4. The fraction of sp³-hybridized carbons (Fsp3) is 1.00. The van der Waals surface area contributed by atoms with Crippen molar-refractivity contribution in [3.05, 3.63) is 0 Å². The molecule has 0 aromatic heterocycles. The van der Waals surface area contributed by atoms with Crippen LogP contribution in [0.2, 0.25) is 0 Å². The van der Waals surface area contributed by atoms with Gasteiger partial charge in [-0.15, -0.1) is 0 Å². The summed E-state index contributed by atoms with van der Waals surface area (Å²) >= 11 is 0. The van der Waals surface area contributed by atoms with Crippen molar-refractivity contribution < 1.29 is 8.42 Å². The van der Waals surface area contributed by atoms with Crippen LogP contribution in [0.3, 0.4) is 0 Å². The predicted octanol–water partition coefficient (Wildman–Crippen LogP) is 0.331. The highest BCUT2D eigenvalue weighted by molar-refractivity contribution is 7.86. The highest BCUT2D eigenvalue weighted by Crippen LogP contribution is 2.19. The first-order valence-corrected chi connectivity index (χ1v) is 9.42. The summed E-state index contributed by atoms with van der Waals surface area (Å²) in [6.45, 7) is 2.76. The third-order valence-corrected chi connectivity index (χ3v) is 6.42. The zero-order chi connectivity index (χ0) is 15.5. The van der Waals surface area contributed by atoms with Crippen LogP contribution >= 0.6 is 0 Å². The minimum absolute atomic E-state index is 0.332. The third-order valence-electron chi connectivity index (χ3n) is 4.47. The predicted molar refractivity (Wildman–Crippen MR) is 85.5 cm³/mol. The molecule has 0 bridgehead atoms. The minimum Gasteiger partial charge on any atom is -0.314 e. The molecule has 124 valence electrons. The standard InChI is InChI=1S/C14H30N4O2S/c1-16(2)14-6-4-11-18(12-14)21(19,20)17(3)10-5-9-15-13-7-8-13/h13-15H,4-12H2,1-3H3. The van der Waals surface area contributed by atoms with E-state index < -0.39 is 10.2 Å². The maximum atomic E-state index is 12.6. The number of hydrogen-bond acceptors (Lipinski definition) is 4.